The number of benzene rings is 4. The van der Waals surface area contributed by atoms with Gasteiger partial charge in [-0.1, -0.05) is 48.5 Å². The van der Waals surface area contributed by atoms with Gasteiger partial charge in [-0.3, -0.25) is 0 Å². The number of rotatable bonds is 4. The summed E-state index contributed by atoms with van der Waals surface area (Å²) >= 11 is 0. The van der Waals surface area contributed by atoms with Gasteiger partial charge in [0.1, 0.15) is 0 Å². The van der Waals surface area contributed by atoms with Crippen molar-refractivity contribution < 1.29 is 58.1 Å². The van der Waals surface area contributed by atoms with Crippen LogP contribution in [0.25, 0.3) is 89.7 Å². The van der Waals surface area contributed by atoms with E-state index in [9.17, 15) is 39.6 Å². The van der Waals surface area contributed by atoms with Gasteiger partial charge in [0.05, 0.1) is 47.2 Å². The number of hydrogen-bond acceptors (Lipinski definition) is 14. The molecule has 2 aliphatic rings. The zero-order valence-corrected chi connectivity index (χ0v) is 27.0. The largest absolute Gasteiger partial charge is 2.00 e. The van der Waals surface area contributed by atoms with Gasteiger partial charge in [-0.2, -0.15) is 0 Å². The van der Waals surface area contributed by atoms with E-state index in [1.54, 1.807) is 0 Å². The predicted molar refractivity (Wildman–Crippen MR) is 172 cm³/mol. The van der Waals surface area contributed by atoms with Crippen LogP contribution in [0.5, 0.6) is 0 Å². The molecular weight excluding hydrogens is 736 g/mol. The van der Waals surface area contributed by atoms with E-state index < -0.39 is 23.9 Å². The van der Waals surface area contributed by atoms with Gasteiger partial charge in [-0.25, -0.2) is 9.97 Å². The fourth-order valence-corrected chi connectivity index (χ4v) is 6.17. The van der Waals surface area contributed by atoms with Crippen LogP contribution in [0.3, 0.4) is 0 Å². The molecule has 7 aromatic rings. The maximum absolute atomic E-state index is 11.8. The summed E-state index contributed by atoms with van der Waals surface area (Å²) in [7, 11) is 0. The Labute approximate surface area is 305 Å². The van der Waals surface area contributed by atoms with Crippen molar-refractivity contribution in [3.8, 4) is 45.6 Å². The van der Waals surface area contributed by atoms with E-state index in [4.69, 9.17) is 0 Å². The number of carboxylic acid groups (broad SMARTS) is 4. The Morgan fingerprint density at radius 1 is 0.396 bits per heavy atom. The van der Waals surface area contributed by atoms with Crippen molar-refractivity contribution in [2.75, 3.05) is 0 Å². The number of carbonyl (C=O) groups is 4. The first-order valence-corrected chi connectivity index (χ1v) is 15.2. The molecule has 0 saturated carbocycles. The molecule has 9 rings (SSSR count). The van der Waals surface area contributed by atoms with Crippen LogP contribution in [0.4, 0.5) is 0 Å². The Kier molecular flexibility index (Phi) is 7.35. The number of hydrogen-bond donors (Lipinski definition) is 0. The second-order valence-corrected chi connectivity index (χ2v) is 11.7. The average molecular weight is 749 g/mol. The zero-order chi connectivity index (χ0) is 36.0. The van der Waals surface area contributed by atoms with Gasteiger partial charge in [0.15, 0.2) is 0 Å². The molecule has 0 fully saturated rings. The Bertz CT molecular complexity index is 2820. The van der Waals surface area contributed by atoms with Crippen LogP contribution in [-0.4, -0.2) is 53.8 Å². The molecule has 0 unspecified atom stereocenters. The first-order valence-electron chi connectivity index (χ1n) is 15.2. The molecule has 2 aliphatic heterocycles. The molecule has 0 saturated heterocycles. The molecule has 3 aromatic heterocycles. The second-order valence-electron chi connectivity index (χ2n) is 11.7. The first kappa shape index (κ1) is 32.8. The number of aromatic carboxylic acids is 4. The van der Waals surface area contributed by atoms with Crippen molar-refractivity contribution in [2.45, 2.75) is 0 Å². The Hall–Kier alpha value is -7.36. The number of carbonyl (C=O) groups excluding carboxylic acids is 4. The molecule has 259 valence electrons. The fraction of sp³-hybridized carbons (Fsp3) is 0. The minimum Gasteiger partial charge on any atom is -0.545 e. The van der Waals surface area contributed by atoms with Crippen molar-refractivity contribution in [1.29, 1.82) is 0 Å². The third kappa shape index (κ3) is 5.22. The average Bonchev–Trinajstić information content (AvgIpc) is 3.85. The molecule has 0 N–H and O–H groups in total. The van der Waals surface area contributed by atoms with Gasteiger partial charge in [0, 0.05) is 44.8 Å². The summed E-state index contributed by atoms with van der Waals surface area (Å²) in [5, 5.41) is 48.6. The molecule has 0 aliphatic carbocycles. The predicted octanol–water partition coefficient (Wildman–Crippen LogP) is -0.309. The standard InChI is InChI=1S/C36H18N8O8.Cu/c45-33(46)13-1-5-17-21(9-13)29-37-25(17)41-30-22-10-14(34(47)48)2-6-18(22)27(38-30)43-32-24-12-16(36(51)52)4-8-20(24)28(40-32)44-31-23-11-15(35(49)50)3-7-19(23)26(39-31)42-29;/h1-12H,(H6,37,38,39,40,41,42,43,44,45,46,47,48,49,50,51,52);/q;+2/p-5. The van der Waals surface area contributed by atoms with Crippen LogP contribution in [-0.2, 0) is 17.1 Å². The Morgan fingerprint density at radius 3 is 1.06 bits per heavy atom. The van der Waals surface area contributed by atoms with Gasteiger partial charge in [0.25, 0.3) is 0 Å². The van der Waals surface area contributed by atoms with Gasteiger partial charge < -0.3 is 69.5 Å². The van der Waals surface area contributed by atoms with E-state index in [-0.39, 0.29) is 109 Å². The van der Waals surface area contributed by atoms with E-state index in [0.717, 1.165) is 0 Å². The smallest absolute Gasteiger partial charge is 0.545 e. The van der Waals surface area contributed by atoms with Gasteiger partial charge in [-0.15, -0.1) is 0 Å². The molecule has 0 spiro atoms. The van der Waals surface area contributed by atoms with Crippen LogP contribution >= 0.6 is 0 Å². The molecule has 0 atom stereocenters. The van der Waals surface area contributed by atoms with Gasteiger partial charge >= 0.3 is 18.5 Å². The SMILES string of the molecule is O=C([O-])c1ccc2c(c1)-c1nc-2nc2[n-]c(nc3nc(nc4[n-]c(n1)c1ccc(C(=O)[O-])cc41)-c1ccc(C(=O)[O-])cc1-3)c1ccc(C(=O)[O-])cc21.[Cu+2].[H+]. The first-order chi connectivity index (χ1) is 25.0. The van der Waals surface area contributed by atoms with E-state index in [0.29, 0.717) is 21.9 Å². The number of fused-ring (bicyclic) bond motifs is 20. The fourth-order valence-electron chi connectivity index (χ4n) is 6.17. The van der Waals surface area contributed by atoms with Crippen molar-refractivity contribution in [3.63, 3.8) is 0 Å². The molecular formula is C36H13CuN8O8-3. The minimum absolute atomic E-state index is 0. The van der Waals surface area contributed by atoms with Crippen LogP contribution in [0.15, 0.2) is 72.8 Å². The van der Waals surface area contributed by atoms with Crippen molar-refractivity contribution >= 4 is 68.0 Å². The maximum atomic E-state index is 11.8. The summed E-state index contributed by atoms with van der Waals surface area (Å²) < 4.78 is 0. The normalized spacial score (nSPS) is 11.5. The van der Waals surface area contributed by atoms with Gasteiger partial charge in [-0.05, 0) is 68.1 Å². The van der Waals surface area contributed by atoms with E-state index in [1.807, 2.05) is 0 Å². The van der Waals surface area contributed by atoms with Crippen molar-refractivity contribution in [3.05, 3.63) is 95.1 Å². The van der Waals surface area contributed by atoms with Crippen LogP contribution < -0.4 is 30.4 Å². The van der Waals surface area contributed by atoms with E-state index in [2.05, 4.69) is 39.9 Å². The third-order valence-electron chi connectivity index (χ3n) is 8.64. The zero-order valence-electron chi connectivity index (χ0n) is 27.1. The number of carboxylic acids is 4. The molecule has 4 aromatic carbocycles. The second kappa shape index (κ2) is 11.9. The quantitative estimate of drug-likeness (QED) is 0.209. The van der Waals surface area contributed by atoms with Crippen molar-refractivity contribution in [1.82, 2.24) is 39.9 Å². The van der Waals surface area contributed by atoms with Crippen molar-refractivity contribution in [2.24, 2.45) is 0 Å². The monoisotopic (exact) mass is 748 g/mol. The molecule has 16 nitrogen and oxygen atoms in total. The summed E-state index contributed by atoms with van der Waals surface area (Å²) in [5.41, 5.74) is 0.547. The summed E-state index contributed by atoms with van der Waals surface area (Å²) in [6.45, 7) is 0. The topological polar surface area (TPSA) is 266 Å². The molecule has 5 heterocycles. The molecule has 1 radical (unpaired) electrons. The molecule has 0 amide bonds. The van der Waals surface area contributed by atoms with E-state index in [1.165, 1.54) is 72.8 Å². The van der Waals surface area contributed by atoms with Crippen LogP contribution in [0.1, 0.15) is 42.9 Å². The summed E-state index contributed by atoms with van der Waals surface area (Å²) in [6, 6.07) is 16.3. The maximum Gasteiger partial charge on any atom is 2.00 e. The van der Waals surface area contributed by atoms with Crippen LogP contribution in [0, 0.1) is 0 Å². The minimum atomic E-state index is -1.45. The van der Waals surface area contributed by atoms with Gasteiger partial charge in [0.2, 0.25) is 0 Å². The van der Waals surface area contributed by atoms with Crippen LogP contribution in [0.2, 0.25) is 0 Å². The molecule has 17 heteroatoms. The molecule has 8 bridgehead atoms. The number of aromatic nitrogens is 8. The Morgan fingerprint density at radius 2 is 0.698 bits per heavy atom. The Balaban J connectivity index is 0.00000225. The summed E-state index contributed by atoms with van der Waals surface area (Å²) in [6.07, 6.45) is 0. The summed E-state index contributed by atoms with van der Waals surface area (Å²) in [4.78, 5) is 84.4. The molecule has 53 heavy (non-hydrogen) atoms. The summed E-state index contributed by atoms with van der Waals surface area (Å²) in [5.74, 6) is -5.77. The number of nitrogens with zero attached hydrogens (tertiary/aromatic N) is 8. The third-order valence-corrected chi connectivity index (χ3v) is 8.64. The van der Waals surface area contributed by atoms with E-state index >= 15 is 0 Å².